The van der Waals surface area contributed by atoms with Crippen molar-refractivity contribution in [2.75, 3.05) is 39.3 Å². The number of halogens is 2. The lowest BCUT2D eigenvalue weighted by atomic mass is 9.87. The zero-order valence-electron chi connectivity index (χ0n) is 25.3. The van der Waals surface area contributed by atoms with Crippen LogP contribution in [0.4, 0.5) is 0 Å². The highest BCUT2D eigenvalue weighted by Crippen LogP contribution is 2.43. The van der Waals surface area contributed by atoms with E-state index in [0.29, 0.717) is 18.1 Å². The summed E-state index contributed by atoms with van der Waals surface area (Å²) < 4.78 is 6.09. The second kappa shape index (κ2) is 14.3. The summed E-state index contributed by atoms with van der Waals surface area (Å²) in [6.45, 7) is 4.98. The van der Waals surface area contributed by atoms with E-state index >= 15 is 0 Å². The molecule has 0 unspecified atom stereocenters. The average molecular weight is 648 g/mol. The minimum Gasteiger partial charge on any atom is -0.508 e. The van der Waals surface area contributed by atoms with Gasteiger partial charge in [-0.3, -0.25) is 0 Å². The second-order valence-corrected chi connectivity index (χ2v) is 12.9. The lowest BCUT2D eigenvalue weighted by Gasteiger charge is -2.25. The molecule has 0 amide bonds. The van der Waals surface area contributed by atoms with Gasteiger partial charge < -0.3 is 30.3 Å². The standard InChI is InChI=1S/C37H40Cl2N2O4/c38-34-20-26(42)19-30-28(34)14-17-41(23-33(30)24-7-3-1-4-8-24)16-5-2-6-18-45-27-11-9-25(10-12-27)32-22-40-15-13-29-31(32)21-35(43)37(44)36(29)39/h1,3-4,7-12,19-21,32-33,40,42-44H,2,5-6,13-18,22-23H2/t32-,33-/m1/s1. The van der Waals surface area contributed by atoms with Crippen LogP contribution in [0.2, 0.25) is 10.0 Å². The van der Waals surface area contributed by atoms with Gasteiger partial charge in [-0.1, -0.05) is 65.7 Å². The molecule has 4 aromatic carbocycles. The first-order chi connectivity index (χ1) is 21.9. The number of fused-ring (bicyclic) bond motifs is 2. The van der Waals surface area contributed by atoms with Crippen molar-refractivity contribution >= 4 is 23.2 Å². The Morgan fingerprint density at radius 1 is 0.800 bits per heavy atom. The molecule has 0 bridgehead atoms. The molecule has 8 heteroatoms. The molecule has 0 saturated carbocycles. The van der Waals surface area contributed by atoms with E-state index in [9.17, 15) is 15.3 Å². The number of unbranched alkanes of at least 4 members (excludes halogenated alkanes) is 2. The van der Waals surface area contributed by atoms with Gasteiger partial charge in [-0.05, 0) is 109 Å². The molecular weight excluding hydrogens is 607 g/mol. The Kier molecular flexibility index (Phi) is 10.1. The molecule has 6 nitrogen and oxygen atoms in total. The minimum atomic E-state index is -0.251. The molecule has 0 fully saturated rings. The quantitative estimate of drug-likeness (QED) is 0.111. The van der Waals surface area contributed by atoms with Crippen molar-refractivity contribution in [3.63, 3.8) is 0 Å². The van der Waals surface area contributed by atoms with Gasteiger partial charge in [-0.25, -0.2) is 0 Å². The van der Waals surface area contributed by atoms with Crippen molar-refractivity contribution < 1.29 is 20.1 Å². The Balaban J connectivity index is 1.01. The van der Waals surface area contributed by atoms with E-state index < -0.39 is 0 Å². The number of hydrogen-bond donors (Lipinski definition) is 4. The van der Waals surface area contributed by atoms with E-state index in [0.717, 1.165) is 92.0 Å². The van der Waals surface area contributed by atoms with Crippen molar-refractivity contribution in [2.45, 2.75) is 43.9 Å². The van der Waals surface area contributed by atoms with Crippen molar-refractivity contribution in [3.8, 4) is 23.0 Å². The van der Waals surface area contributed by atoms with Crippen LogP contribution >= 0.6 is 23.2 Å². The van der Waals surface area contributed by atoms with E-state index in [1.165, 1.54) is 5.56 Å². The fourth-order valence-electron chi connectivity index (χ4n) is 6.83. The van der Waals surface area contributed by atoms with E-state index in [-0.39, 0.29) is 34.1 Å². The second-order valence-electron chi connectivity index (χ2n) is 12.1. The fourth-order valence-corrected chi connectivity index (χ4v) is 7.44. The van der Waals surface area contributed by atoms with Crippen LogP contribution in [-0.4, -0.2) is 59.6 Å². The Morgan fingerprint density at radius 3 is 2.36 bits per heavy atom. The third-order valence-electron chi connectivity index (χ3n) is 9.21. The van der Waals surface area contributed by atoms with Crippen molar-refractivity contribution in [3.05, 3.63) is 116 Å². The van der Waals surface area contributed by atoms with Crippen molar-refractivity contribution in [1.82, 2.24) is 10.2 Å². The normalized spacial score (nSPS) is 18.4. The van der Waals surface area contributed by atoms with Crippen LogP contribution in [0.1, 0.15) is 64.5 Å². The lowest BCUT2D eigenvalue weighted by Crippen LogP contribution is -2.30. The number of rotatable bonds is 9. The number of aromatic hydroxyl groups is 3. The third-order valence-corrected chi connectivity index (χ3v) is 9.96. The van der Waals surface area contributed by atoms with E-state index in [4.69, 9.17) is 27.9 Å². The summed E-state index contributed by atoms with van der Waals surface area (Å²) in [7, 11) is 0. The summed E-state index contributed by atoms with van der Waals surface area (Å²) >= 11 is 13.0. The maximum absolute atomic E-state index is 10.3. The highest BCUT2D eigenvalue weighted by molar-refractivity contribution is 6.33. The van der Waals surface area contributed by atoms with E-state index in [1.54, 1.807) is 12.1 Å². The topological polar surface area (TPSA) is 85.2 Å². The molecule has 0 aromatic heterocycles. The first-order valence-corrected chi connectivity index (χ1v) is 16.6. The van der Waals surface area contributed by atoms with Gasteiger partial charge in [0.2, 0.25) is 0 Å². The first-order valence-electron chi connectivity index (χ1n) is 15.8. The number of nitrogens with zero attached hydrogens (tertiary/aromatic N) is 1. The summed E-state index contributed by atoms with van der Waals surface area (Å²) in [5.41, 5.74) is 6.45. The maximum atomic E-state index is 10.3. The number of nitrogens with one attached hydrogen (secondary N) is 1. The van der Waals surface area contributed by atoms with Gasteiger partial charge in [0.25, 0.3) is 0 Å². The molecule has 2 aliphatic heterocycles. The Morgan fingerprint density at radius 2 is 1.56 bits per heavy atom. The van der Waals surface area contributed by atoms with Crippen LogP contribution in [0.5, 0.6) is 23.0 Å². The fraction of sp³-hybridized carbons (Fsp3) is 0.351. The van der Waals surface area contributed by atoms with Crippen LogP contribution in [0.3, 0.4) is 0 Å². The van der Waals surface area contributed by atoms with Crippen LogP contribution in [-0.2, 0) is 12.8 Å². The van der Waals surface area contributed by atoms with Crippen molar-refractivity contribution in [2.24, 2.45) is 0 Å². The maximum Gasteiger partial charge on any atom is 0.176 e. The van der Waals surface area contributed by atoms with Crippen LogP contribution in [0.25, 0.3) is 0 Å². The van der Waals surface area contributed by atoms with Gasteiger partial charge in [-0.2, -0.15) is 0 Å². The number of benzene rings is 4. The van der Waals surface area contributed by atoms with Crippen LogP contribution in [0.15, 0.2) is 72.8 Å². The number of phenols is 3. The Hall–Kier alpha value is -3.42. The monoisotopic (exact) mass is 646 g/mol. The Labute approximate surface area is 275 Å². The molecule has 4 N–H and O–H groups in total. The summed E-state index contributed by atoms with van der Waals surface area (Å²) in [4.78, 5) is 2.53. The van der Waals surface area contributed by atoms with Crippen LogP contribution in [0, 0.1) is 0 Å². The summed E-state index contributed by atoms with van der Waals surface area (Å²) in [5, 5.41) is 35.0. The minimum absolute atomic E-state index is 0.00975. The molecule has 0 saturated heterocycles. The lowest BCUT2D eigenvalue weighted by molar-refractivity contribution is 0.260. The summed E-state index contributed by atoms with van der Waals surface area (Å²) in [6, 6.07) is 23.9. The van der Waals surface area contributed by atoms with Crippen molar-refractivity contribution in [1.29, 1.82) is 0 Å². The van der Waals surface area contributed by atoms with Gasteiger partial charge in [-0.15, -0.1) is 0 Å². The molecule has 0 aliphatic carbocycles. The van der Waals surface area contributed by atoms with Crippen LogP contribution < -0.4 is 10.1 Å². The molecule has 45 heavy (non-hydrogen) atoms. The molecule has 2 aliphatic rings. The zero-order valence-corrected chi connectivity index (χ0v) is 26.8. The number of phenolic OH excluding ortho intramolecular Hbond substituents is 3. The molecule has 4 aromatic rings. The predicted molar refractivity (Wildman–Crippen MR) is 181 cm³/mol. The molecule has 6 rings (SSSR count). The molecule has 236 valence electrons. The molecular formula is C37H40Cl2N2O4. The van der Waals surface area contributed by atoms with E-state index in [2.05, 4.69) is 46.6 Å². The summed E-state index contributed by atoms with van der Waals surface area (Å²) in [5.74, 6) is 0.794. The predicted octanol–water partition coefficient (Wildman–Crippen LogP) is 7.63. The number of ether oxygens (including phenoxy) is 1. The van der Waals surface area contributed by atoms with Gasteiger partial charge in [0, 0.05) is 36.5 Å². The molecule has 0 radical (unpaired) electrons. The zero-order chi connectivity index (χ0) is 31.3. The van der Waals surface area contributed by atoms with Gasteiger partial charge in [0.05, 0.1) is 11.6 Å². The largest absolute Gasteiger partial charge is 0.508 e. The van der Waals surface area contributed by atoms with Gasteiger partial charge in [0.15, 0.2) is 11.5 Å². The highest BCUT2D eigenvalue weighted by Gasteiger charge is 2.27. The number of hydrogen-bond acceptors (Lipinski definition) is 6. The Bertz CT molecular complexity index is 1610. The van der Waals surface area contributed by atoms with Gasteiger partial charge in [0.1, 0.15) is 11.5 Å². The average Bonchev–Trinajstić information content (AvgIpc) is 3.37. The highest BCUT2D eigenvalue weighted by atomic mass is 35.5. The first kappa shape index (κ1) is 31.6. The SMILES string of the molecule is Oc1cc(Cl)c2c(c1)[C@@H](c1ccccc1)CN(CCCCCOc1ccc([C@H]3CNCCc4c3cc(O)c(O)c4Cl)cc1)CC2. The van der Waals surface area contributed by atoms with E-state index in [1.807, 2.05) is 24.3 Å². The molecule has 0 spiro atoms. The summed E-state index contributed by atoms with van der Waals surface area (Å²) in [6.07, 6.45) is 4.69. The third kappa shape index (κ3) is 7.20. The molecule has 2 atom stereocenters. The van der Waals surface area contributed by atoms with Gasteiger partial charge >= 0.3 is 0 Å². The molecule has 2 heterocycles. The smallest absolute Gasteiger partial charge is 0.176 e.